The van der Waals surface area contributed by atoms with Crippen molar-refractivity contribution >= 4 is 15.9 Å². The molecule has 0 amide bonds. The largest absolute Gasteiger partial charge is 0.491 e. The van der Waals surface area contributed by atoms with Gasteiger partial charge in [-0.25, -0.2) is 0 Å². The predicted octanol–water partition coefficient (Wildman–Crippen LogP) is 2.84. The zero-order valence-electron chi connectivity index (χ0n) is 7.51. The minimum atomic E-state index is -4.42. The van der Waals surface area contributed by atoms with Crippen LogP contribution < -0.4 is 4.74 Å². The molecule has 0 heterocycles. The van der Waals surface area contributed by atoms with Gasteiger partial charge in [-0.3, -0.25) is 0 Å². The van der Waals surface area contributed by atoms with E-state index in [1.54, 1.807) is 0 Å². The number of aliphatic hydroxyl groups is 1. The fraction of sp³-hybridized carbons (Fsp3) is 0.333. The van der Waals surface area contributed by atoms with E-state index in [9.17, 15) is 13.2 Å². The van der Waals surface area contributed by atoms with Crippen LogP contribution in [0.2, 0.25) is 0 Å². The molecule has 1 rings (SSSR count). The minimum Gasteiger partial charge on any atom is -0.491 e. The Morgan fingerprint density at radius 2 is 2.00 bits per heavy atom. The molecule has 84 valence electrons. The molecule has 0 aliphatic carbocycles. The first-order valence-electron chi connectivity index (χ1n) is 4.05. The molecule has 15 heavy (non-hydrogen) atoms. The normalized spacial score (nSPS) is 11.5. The minimum absolute atomic E-state index is 0.0288. The number of hydrogen-bond acceptors (Lipinski definition) is 2. The van der Waals surface area contributed by atoms with Crippen LogP contribution in [-0.4, -0.2) is 18.3 Å². The maximum atomic E-state index is 12.4. The summed E-state index contributed by atoms with van der Waals surface area (Å²) in [6.45, 7) is -0.268. The molecule has 1 aromatic carbocycles. The van der Waals surface area contributed by atoms with Gasteiger partial charge in [0.15, 0.2) is 0 Å². The lowest BCUT2D eigenvalue weighted by Gasteiger charge is -2.11. The molecule has 1 N–H and O–H groups in total. The summed E-state index contributed by atoms with van der Waals surface area (Å²) in [6.07, 6.45) is -4.42. The summed E-state index contributed by atoms with van der Waals surface area (Å²) in [6, 6.07) is 3.55. The molecular weight excluding hydrogens is 277 g/mol. The third kappa shape index (κ3) is 3.39. The number of rotatable bonds is 3. The number of alkyl halides is 3. The summed E-state index contributed by atoms with van der Waals surface area (Å²) in [5.74, 6) is 0.0829. The zero-order valence-corrected chi connectivity index (χ0v) is 9.10. The molecule has 2 nitrogen and oxygen atoms in total. The van der Waals surface area contributed by atoms with Crippen LogP contribution in [0.25, 0.3) is 0 Å². The summed E-state index contributed by atoms with van der Waals surface area (Å²) in [5.41, 5.74) is -0.794. The van der Waals surface area contributed by atoms with Gasteiger partial charge < -0.3 is 9.84 Å². The van der Waals surface area contributed by atoms with Crippen LogP contribution >= 0.6 is 15.9 Å². The van der Waals surface area contributed by atoms with Crippen molar-refractivity contribution in [3.05, 3.63) is 28.2 Å². The summed E-state index contributed by atoms with van der Waals surface area (Å²) in [5, 5.41) is 8.45. The topological polar surface area (TPSA) is 29.5 Å². The van der Waals surface area contributed by atoms with E-state index in [1.165, 1.54) is 12.1 Å². The Morgan fingerprint density at radius 1 is 1.33 bits per heavy atom. The van der Waals surface area contributed by atoms with Crippen molar-refractivity contribution in [3.63, 3.8) is 0 Å². The van der Waals surface area contributed by atoms with E-state index in [0.29, 0.717) is 0 Å². The fourth-order valence-electron chi connectivity index (χ4n) is 0.975. The van der Waals surface area contributed by atoms with Crippen LogP contribution in [0.5, 0.6) is 5.75 Å². The Hall–Kier alpha value is -0.750. The van der Waals surface area contributed by atoms with Gasteiger partial charge in [0.25, 0.3) is 0 Å². The van der Waals surface area contributed by atoms with E-state index >= 15 is 0 Å². The van der Waals surface area contributed by atoms with E-state index in [-0.39, 0.29) is 23.4 Å². The first-order valence-corrected chi connectivity index (χ1v) is 4.85. The van der Waals surface area contributed by atoms with Gasteiger partial charge in [0.1, 0.15) is 12.4 Å². The van der Waals surface area contributed by atoms with Crippen LogP contribution in [0.3, 0.4) is 0 Å². The lowest BCUT2D eigenvalue weighted by molar-refractivity contribution is -0.138. The van der Waals surface area contributed by atoms with Crippen molar-refractivity contribution in [1.82, 2.24) is 0 Å². The van der Waals surface area contributed by atoms with Crippen molar-refractivity contribution in [1.29, 1.82) is 0 Å². The fourth-order valence-corrected chi connectivity index (χ4v) is 1.45. The average Bonchev–Trinajstić information content (AvgIpc) is 2.15. The molecular formula is C9H8BrF3O2. The standard InChI is InChI=1S/C9H8BrF3O2/c10-8-2-1-6(15-4-3-14)5-7(8)9(11,12)13/h1-2,5,14H,3-4H2. The van der Waals surface area contributed by atoms with Crippen molar-refractivity contribution in [2.45, 2.75) is 6.18 Å². The number of halogens is 4. The number of aliphatic hydroxyl groups excluding tert-OH is 1. The van der Waals surface area contributed by atoms with Gasteiger partial charge in [-0.1, -0.05) is 15.9 Å². The average molecular weight is 285 g/mol. The van der Waals surface area contributed by atoms with Crippen LogP contribution in [0.1, 0.15) is 5.56 Å². The van der Waals surface area contributed by atoms with Crippen molar-refractivity contribution in [2.75, 3.05) is 13.2 Å². The van der Waals surface area contributed by atoms with Crippen LogP contribution in [0.15, 0.2) is 22.7 Å². The van der Waals surface area contributed by atoms with Gasteiger partial charge in [0.2, 0.25) is 0 Å². The molecule has 0 spiro atoms. The third-order valence-corrected chi connectivity index (χ3v) is 2.29. The molecule has 6 heteroatoms. The maximum Gasteiger partial charge on any atom is 0.417 e. The molecule has 0 unspecified atom stereocenters. The highest BCUT2D eigenvalue weighted by Gasteiger charge is 2.33. The second-order valence-electron chi connectivity index (χ2n) is 2.71. The molecule has 0 aromatic heterocycles. The molecule has 0 radical (unpaired) electrons. The van der Waals surface area contributed by atoms with E-state index in [0.717, 1.165) is 6.07 Å². The van der Waals surface area contributed by atoms with Gasteiger partial charge in [-0.15, -0.1) is 0 Å². The lowest BCUT2D eigenvalue weighted by Crippen LogP contribution is -2.07. The Morgan fingerprint density at radius 3 is 2.53 bits per heavy atom. The summed E-state index contributed by atoms with van der Waals surface area (Å²) in [7, 11) is 0. The molecule has 0 aliphatic heterocycles. The number of benzene rings is 1. The molecule has 1 aromatic rings. The lowest BCUT2D eigenvalue weighted by atomic mass is 10.2. The molecule has 0 bridgehead atoms. The molecule has 0 aliphatic rings. The highest BCUT2D eigenvalue weighted by molar-refractivity contribution is 9.10. The Labute approximate surface area is 92.8 Å². The van der Waals surface area contributed by atoms with Crippen LogP contribution in [0, 0.1) is 0 Å². The third-order valence-electron chi connectivity index (χ3n) is 1.60. The molecule has 0 atom stereocenters. The first-order chi connectivity index (χ1) is 6.95. The summed E-state index contributed by atoms with van der Waals surface area (Å²) >= 11 is 2.81. The van der Waals surface area contributed by atoms with Gasteiger partial charge in [0.05, 0.1) is 12.2 Å². The Bertz CT molecular complexity index is 339. The van der Waals surface area contributed by atoms with Gasteiger partial charge >= 0.3 is 6.18 Å². The summed E-state index contributed by atoms with van der Waals surface area (Å²) in [4.78, 5) is 0. The molecule has 0 saturated heterocycles. The second-order valence-corrected chi connectivity index (χ2v) is 3.57. The Kier molecular flexibility index (Phi) is 3.98. The second kappa shape index (κ2) is 4.85. The summed E-state index contributed by atoms with van der Waals surface area (Å²) < 4.78 is 42.1. The number of ether oxygens (including phenoxy) is 1. The van der Waals surface area contributed by atoms with Crippen molar-refractivity contribution in [2.24, 2.45) is 0 Å². The monoisotopic (exact) mass is 284 g/mol. The van der Waals surface area contributed by atoms with Crippen LogP contribution in [-0.2, 0) is 6.18 Å². The van der Waals surface area contributed by atoms with E-state index in [2.05, 4.69) is 15.9 Å². The van der Waals surface area contributed by atoms with Gasteiger partial charge in [0, 0.05) is 4.47 Å². The van der Waals surface area contributed by atoms with E-state index in [4.69, 9.17) is 9.84 Å². The highest BCUT2D eigenvalue weighted by Crippen LogP contribution is 2.36. The highest BCUT2D eigenvalue weighted by atomic mass is 79.9. The Balaban J connectivity index is 2.95. The first kappa shape index (κ1) is 12.3. The maximum absolute atomic E-state index is 12.4. The van der Waals surface area contributed by atoms with E-state index in [1.807, 2.05) is 0 Å². The predicted molar refractivity (Wildman–Crippen MR) is 51.7 cm³/mol. The quantitative estimate of drug-likeness (QED) is 0.925. The van der Waals surface area contributed by atoms with E-state index < -0.39 is 11.7 Å². The van der Waals surface area contributed by atoms with Crippen molar-refractivity contribution in [3.8, 4) is 5.75 Å². The number of hydrogen-bond donors (Lipinski definition) is 1. The SMILES string of the molecule is OCCOc1ccc(Br)c(C(F)(F)F)c1. The smallest absolute Gasteiger partial charge is 0.417 e. The molecule has 0 fully saturated rings. The molecule has 0 saturated carbocycles. The van der Waals surface area contributed by atoms with Crippen LogP contribution in [0.4, 0.5) is 13.2 Å². The zero-order chi connectivity index (χ0) is 11.5. The van der Waals surface area contributed by atoms with Crippen molar-refractivity contribution < 1.29 is 23.0 Å². The van der Waals surface area contributed by atoms with Gasteiger partial charge in [-0.2, -0.15) is 13.2 Å². The van der Waals surface area contributed by atoms with Gasteiger partial charge in [-0.05, 0) is 18.2 Å².